The molecule has 4 unspecified atom stereocenters. The number of carbonyl (C=O) groups excluding carboxylic acids is 1. The molecule has 3 N–H and O–H groups in total. The van der Waals surface area contributed by atoms with Gasteiger partial charge in [-0.15, -0.1) is 0 Å². The Labute approximate surface area is 158 Å². The average Bonchev–Trinajstić information content (AvgIpc) is 2.98. The number of nitrogens with one attached hydrogen (secondary N) is 2. The second kappa shape index (κ2) is 7.16. The van der Waals surface area contributed by atoms with E-state index in [1.165, 1.54) is 12.1 Å². The molecule has 4 nitrogen and oxygen atoms in total. The van der Waals surface area contributed by atoms with Gasteiger partial charge in [0.25, 0.3) is 5.91 Å². The van der Waals surface area contributed by atoms with E-state index in [1.54, 1.807) is 6.07 Å². The van der Waals surface area contributed by atoms with Gasteiger partial charge in [0.1, 0.15) is 5.82 Å². The molecule has 0 aliphatic carbocycles. The number of carbonyl (C=O) groups is 1. The van der Waals surface area contributed by atoms with Gasteiger partial charge in [0.15, 0.2) is 6.23 Å². The first-order valence-electron chi connectivity index (χ1n) is 9.38. The van der Waals surface area contributed by atoms with Crippen LogP contribution in [0.25, 0.3) is 0 Å². The van der Waals surface area contributed by atoms with Gasteiger partial charge in [-0.2, -0.15) is 0 Å². The number of hydrogen-bond donors (Lipinski definition) is 3. The fourth-order valence-electron chi connectivity index (χ4n) is 4.50. The summed E-state index contributed by atoms with van der Waals surface area (Å²) < 4.78 is 13.4. The molecule has 2 aromatic rings. The van der Waals surface area contributed by atoms with E-state index in [2.05, 4.69) is 23.6 Å². The lowest BCUT2D eigenvalue weighted by Gasteiger charge is -2.37. The smallest absolute Gasteiger partial charge is 0.253 e. The summed E-state index contributed by atoms with van der Waals surface area (Å²) in [5, 5.41) is 16.4. The number of rotatable bonds is 4. The largest absolute Gasteiger partial charge is 0.384 e. The lowest BCUT2D eigenvalue weighted by atomic mass is 9.73. The van der Waals surface area contributed by atoms with E-state index in [0.29, 0.717) is 11.1 Å². The van der Waals surface area contributed by atoms with Crippen LogP contribution < -0.4 is 10.6 Å². The van der Waals surface area contributed by atoms with Gasteiger partial charge in [0.05, 0.1) is 6.04 Å². The minimum Gasteiger partial charge on any atom is -0.384 e. The molecule has 2 heterocycles. The van der Waals surface area contributed by atoms with Crippen LogP contribution in [0.3, 0.4) is 0 Å². The van der Waals surface area contributed by atoms with E-state index in [1.807, 2.05) is 30.5 Å². The van der Waals surface area contributed by atoms with Gasteiger partial charge in [-0.1, -0.05) is 37.3 Å². The highest BCUT2D eigenvalue weighted by atomic mass is 19.1. The van der Waals surface area contributed by atoms with Gasteiger partial charge in [-0.3, -0.25) is 4.79 Å². The lowest BCUT2D eigenvalue weighted by molar-refractivity contribution is 0.0849. The number of amides is 1. The molecule has 0 saturated carbocycles. The Morgan fingerprint density at radius 1 is 1.22 bits per heavy atom. The first-order valence-corrected chi connectivity index (χ1v) is 9.38. The molecule has 2 aliphatic rings. The second-order valence-electron chi connectivity index (χ2n) is 7.20. The minimum atomic E-state index is -0.964. The molecule has 27 heavy (non-hydrogen) atoms. The van der Waals surface area contributed by atoms with E-state index < -0.39 is 6.23 Å². The Kier molecular flexibility index (Phi) is 4.70. The summed E-state index contributed by atoms with van der Waals surface area (Å²) >= 11 is 0. The molecule has 5 heteroatoms. The summed E-state index contributed by atoms with van der Waals surface area (Å²) in [5.74, 6) is -0.108. The van der Waals surface area contributed by atoms with Crippen LogP contribution in [-0.4, -0.2) is 11.0 Å². The Bertz CT molecular complexity index is 878. The highest BCUT2D eigenvalue weighted by molar-refractivity contribution is 5.99. The first kappa shape index (κ1) is 17.7. The predicted molar refractivity (Wildman–Crippen MR) is 101 cm³/mol. The number of allylic oxidation sites excluding steroid dienone is 1. The van der Waals surface area contributed by atoms with Crippen molar-refractivity contribution in [3.05, 3.63) is 82.8 Å². The van der Waals surface area contributed by atoms with Gasteiger partial charge in [-0.25, -0.2) is 4.39 Å². The molecule has 0 fully saturated rings. The Balaban J connectivity index is 1.75. The van der Waals surface area contributed by atoms with Crippen molar-refractivity contribution in [2.75, 3.05) is 0 Å². The highest BCUT2D eigenvalue weighted by Gasteiger charge is 2.36. The van der Waals surface area contributed by atoms with Crippen molar-refractivity contribution in [2.45, 2.75) is 38.0 Å². The van der Waals surface area contributed by atoms with Crippen molar-refractivity contribution in [1.29, 1.82) is 0 Å². The second-order valence-corrected chi connectivity index (χ2v) is 7.20. The van der Waals surface area contributed by atoms with Gasteiger partial charge < -0.3 is 15.7 Å². The monoisotopic (exact) mass is 366 g/mol. The highest BCUT2D eigenvalue weighted by Crippen LogP contribution is 2.44. The maximum Gasteiger partial charge on any atom is 0.253 e. The fourth-order valence-corrected chi connectivity index (χ4v) is 4.50. The molecule has 2 aromatic carbocycles. The molecular formula is C22H23FN2O2. The summed E-state index contributed by atoms with van der Waals surface area (Å²) in [6.45, 7) is 2.13. The molecule has 1 amide bonds. The minimum absolute atomic E-state index is 0.0404. The van der Waals surface area contributed by atoms with Crippen molar-refractivity contribution in [2.24, 2.45) is 5.92 Å². The molecule has 0 spiro atoms. The van der Waals surface area contributed by atoms with Crippen molar-refractivity contribution < 1.29 is 14.3 Å². The van der Waals surface area contributed by atoms with Crippen molar-refractivity contribution in [1.82, 2.24) is 10.6 Å². The fraction of sp³-hybridized carbons (Fsp3) is 0.318. The number of aliphatic hydroxyl groups excluding tert-OH is 1. The van der Waals surface area contributed by atoms with Gasteiger partial charge in [-0.05, 0) is 60.2 Å². The molecule has 140 valence electrons. The van der Waals surface area contributed by atoms with Gasteiger partial charge in [0, 0.05) is 11.1 Å². The number of aliphatic hydroxyl groups is 1. The zero-order valence-electron chi connectivity index (χ0n) is 15.2. The molecule has 4 rings (SSSR count). The SMILES string of the molecule is CCC(c1cccc2c1C(O)NC2=O)C1CC=CNC1c1ccc(F)cc1. The van der Waals surface area contributed by atoms with E-state index in [9.17, 15) is 14.3 Å². The molecule has 0 radical (unpaired) electrons. The van der Waals surface area contributed by atoms with Crippen LogP contribution in [0.1, 0.15) is 65.0 Å². The van der Waals surface area contributed by atoms with Crippen LogP contribution in [0, 0.1) is 11.7 Å². The number of halogens is 1. The summed E-state index contributed by atoms with van der Waals surface area (Å²) in [6.07, 6.45) is 4.83. The molecular weight excluding hydrogens is 343 g/mol. The van der Waals surface area contributed by atoms with E-state index in [-0.39, 0.29) is 29.6 Å². The summed E-state index contributed by atoms with van der Waals surface area (Å²) in [7, 11) is 0. The van der Waals surface area contributed by atoms with E-state index in [0.717, 1.165) is 24.0 Å². The normalized spacial score (nSPS) is 24.9. The molecule has 0 aromatic heterocycles. The third kappa shape index (κ3) is 3.12. The van der Waals surface area contributed by atoms with Crippen LogP contribution in [0.5, 0.6) is 0 Å². The first-order chi connectivity index (χ1) is 13.1. The molecule has 2 aliphatic heterocycles. The zero-order valence-corrected chi connectivity index (χ0v) is 15.2. The summed E-state index contributed by atoms with van der Waals surface area (Å²) in [6, 6.07) is 12.3. The predicted octanol–water partition coefficient (Wildman–Crippen LogP) is 3.92. The number of hydrogen-bond acceptors (Lipinski definition) is 3. The average molecular weight is 366 g/mol. The Hall–Kier alpha value is -2.66. The summed E-state index contributed by atoms with van der Waals surface area (Å²) in [4.78, 5) is 12.1. The van der Waals surface area contributed by atoms with Gasteiger partial charge >= 0.3 is 0 Å². The third-order valence-electron chi connectivity index (χ3n) is 5.74. The quantitative estimate of drug-likeness (QED) is 0.769. The molecule has 4 atom stereocenters. The van der Waals surface area contributed by atoms with Crippen LogP contribution in [0.4, 0.5) is 4.39 Å². The Morgan fingerprint density at radius 2 is 2.00 bits per heavy atom. The molecule has 0 bridgehead atoms. The van der Waals surface area contributed by atoms with Crippen LogP contribution in [-0.2, 0) is 0 Å². The lowest BCUT2D eigenvalue weighted by Crippen LogP contribution is -2.32. The van der Waals surface area contributed by atoms with Crippen LogP contribution in [0.15, 0.2) is 54.7 Å². The van der Waals surface area contributed by atoms with Crippen molar-refractivity contribution in [3.63, 3.8) is 0 Å². The van der Waals surface area contributed by atoms with Crippen LogP contribution in [0.2, 0.25) is 0 Å². The topological polar surface area (TPSA) is 61.4 Å². The maximum absolute atomic E-state index is 13.4. The molecule has 0 saturated heterocycles. The van der Waals surface area contributed by atoms with Gasteiger partial charge in [0.2, 0.25) is 0 Å². The maximum atomic E-state index is 13.4. The number of benzene rings is 2. The Morgan fingerprint density at radius 3 is 2.74 bits per heavy atom. The van der Waals surface area contributed by atoms with E-state index >= 15 is 0 Å². The zero-order chi connectivity index (χ0) is 19.0. The number of fused-ring (bicyclic) bond motifs is 1. The van der Waals surface area contributed by atoms with Crippen LogP contribution >= 0.6 is 0 Å². The van der Waals surface area contributed by atoms with Crippen molar-refractivity contribution in [3.8, 4) is 0 Å². The van der Waals surface area contributed by atoms with Crippen molar-refractivity contribution >= 4 is 5.91 Å². The summed E-state index contributed by atoms with van der Waals surface area (Å²) in [5.41, 5.74) is 3.29. The third-order valence-corrected chi connectivity index (χ3v) is 5.74. The standard InChI is InChI=1S/C22H23FN2O2/c1-2-15(16-5-3-6-18-19(16)22(27)25-21(18)26)17-7-4-12-24-20(17)13-8-10-14(23)11-9-13/h3-6,8-12,15,17,20,22,24,27H,2,7H2,1H3,(H,25,26). The van der Waals surface area contributed by atoms with E-state index in [4.69, 9.17) is 0 Å².